The monoisotopic (exact) mass is 267 g/mol. The molecule has 1 saturated carbocycles. The van der Waals surface area contributed by atoms with E-state index in [0.717, 1.165) is 12.8 Å². The van der Waals surface area contributed by atoms with Gasteiger partial charge in [0.15, 0.2) is 5.82 Å². The zero-order valence-electron chi connectivity index (χ0n) is 10.8. The van der Waals surface area contributed by atoms with Crippen LogP contribution >= 0.6 is 0 Å². The third kappa shape index (κ3) is 4.35. The maximum atomic E-state index is 12.0. The van der Waals surface area contributed by atoms with Crippen LogP contribution in [0.1, 0.15) is 31.0 Å². The van der Waals surface area contributed by atoms with Crippen LogP contribution in [0.4, 0.5) is 0 Å². The largest absolute Gasteiger partial charge is 0.480 e. The van der Waals surface area contributed by atoms with Crippen LogP contribution in [-0.4, -0.2) is 45.1 Å². The molecule has 19 heavy (non-hydrogen) atoms. The number of amides is 1. The van der Waals surface area contributed by atoms with Gasteiger partial charge in [0.25, 0.3) is 0 Å². The minimum atomic E-state index is -0.984. The summed E-state index contributed by atoms with van der Waals surface area (Å²) in [6.45, 7) is 2.00. The highest BCUT2D eigenvalue weighted by Crippen LogP contribution is 2.29. The van der Waals surface area contributed by atoms with E-state index in [1.165, 1.54) is 4.90 Å². The molecule has 0 spiro atoms. The van der Waals surface area contributed by atoms with Gasteiger partial charge in [0.2, 0.25) is 11.8 Å². The van der Waals surface area contributed by atoms with Crippen molar-refractivity contribution in [3.05, 3.63) is 11.7 Å². The van der Waals surface area contributed by atoms with Gasteiger partial charge in [0, 0.05) is 19.4 Å². The maximum Gasteiger partial charge on any atom is 0.323 e. The first-order valence-electron chi connectivity index (χ1n) is 6.33. The Morgan fingerprint density at radius 1 is 1.47 bits per heavy atom. The summed E-state index contributed by atoms with van der Waals surface area (Å²) in [5, 5.41) is 12.5. The molecular formula is C12H17N3O4. The first kappa shape index (κ1) is 13.5. The predicted molar refractivity (Wildman–Crippen MR) is 64.3 cm³/mol. The molecule has 0 aromatic carbocycles. The fraction of sp³-hybridized carbons (Fsp3) is 0.667. The van der Waals surface area contributed by atoms with E-state index >= 15 is 0 Å². The Kier molecular flexibility index (Phi) is 4.13. The summed E-state index contributed by atoms with van der Waals surface area (Å²) in [5.74, 6) is 0.247. The second-order valence-corrected chi connectivity index (χ2v) is 4.85. The predicted octanol–water partition coefficient (Wildman–Crippen LogP) is 0.634. The number of hydrogen-bond acceptors (Lipinski definition) is 5. The van der Waals surface area contributed by atoms with Crippen LogP contribution in [0.25, 0.3) is 0 Å². The van der Waals surface area contributed by atoms with Gasteiger partial charge in [-0.3, -0.25) is 9.59 Å². The Balaban J connectivity index is 1.85. The summed E-state index contributed by atoms with van der Waals surface area (Å²) >= 11 is 0. The number of rotatable bonds is 7. The molecule has 7 heteroatoms. The van der Waals surface area contributed by atoms with E-state index in [-0.39, 0.29) is 18.9 Å². The van der Waals surface area contributed by atoms with Crippen LogP contribution in [0, 0.1) is 12.8 Å². The fourth-order valence-electron chi connectivity index (χ4n) is 1.84. The number of carboxylic acid groups (broad SMARTS) is 1. The van der Waals surface area contributed by atoms with Gasteiger partial charge in [-0.2, -0.15) is 4.98 Å². The zero-order chi connectivity index (χ0) is 13.8. The first-order valence-corrected chi connectivity index (χ1v) is 6.33. The molecular weight excluding hydrogens is 250 g/mol. The van der Waals surface area contributed by atoms with Crippen molar-refractivity contribution in [2.75, 3.05) is 13.1 Å². The molecule has 1 aliphatic carbocycles. The fourth-order valence-corrected chi connectivity index (χ4v) is 1.84. The minimum absolute atomic E-state index is 0.176. The number of aryl methyl sites for hydroxylation is 2. The van der Waals surface area contributed by atoms with Crippen molar-refractivity contribution < 1.29 is 19.2 Å². The SMILES string of the molecule is Cc1noc(CCC(=O)N(CC(=O)O)CC2CC2)n1. The Bertz CT molecular complexity index is 467. The van der Waals surface area contributed by atoms with E-state index in [1.54, 1.807) is 6.92 Å². The smallest absolute Gasteiger partial charge is 0.323 e. The van der Waals surface area contributed by atoms with Gasteiger partial charge in [-0.25, -0.2) is 0 Å². The Morgan fingerprint density at radius 3 is 2.74 bits per heavy atom. The molecule has 0 aliphatic heterocycles. The van der Waals surface area contributed by atoms with Crippen molar-refractivity contribution in [1.82, 2.24) is 15.0 Å². The van der Waals surface area contributed by atoms with Crippen molar-refractivity contribution in [2.45, 2.75) is 32.6 Å². The quantitative estimate of drug-likeness (QED) is 0.778. The van der Waals surface area contributed by atoms with Crippen LogP contribution in [0.5, 0.6) is 0 Å². The van der Waals surface area contributed by atoms with E-state index in [0.29, 0.717) is 30.6 Å². The lowest BCUT2D eigenvalue weighted by atomic mass is 10.2. The topological polar surface area (TPSA) is 96.5 Å². The molecule has 1 aromatic heterocycles. The summed E-state index contributed by atoms with van der Waals surface area (Å²) in [7, 11) is 0. The third-order valence-electron chi connectivity index (χ3n) is 2.98. The second kappa shape index (κ2) is 5.81. The number of aliphatic carboxylic acids is 1. The van der Waals surface area contributed by atoms with Crippen molar-refractivity contribution in [1.29, 1.82) is 0 Å². The number of carbonyl (C=O) groups is 2. The molecule has 0 radical (unpaired) electrons. The number of hydrogen-bond donors (Lipinski definition) is 1. The highest BCUT2D eigenvalue weighted by molar-refractivity contribution is 5.81. The molecule has 1 N–H and O–H groups in total. The number of carboxylic acids is 1. The molecule has 0 saturated heterocycles. The maximum absolute atomic E-state index is 12.0. The Morgan fingerprint density at radius 2 is 2.21 bits per heavy atom. The minimum Gasteiger partial charge on any atom is -0.480 e. The third-order valence-corrected chi connectivity index (χ3v) is 2.98. The van der Waals surface area contributed by atoms with Gasteiger partial charge in [0.1, 0.15) is 6.54 Å². The normalized spacial score (nSPS) is 14.4. The van der Waals surface area contributed by atoms with Crippen LogP contribution < -0.4 is 0 Å². The lowest BCUT2D eigenvalue weighted by Crippen LogP contribution is -2.37. The Labute approximate surface area is 110 Å². The molecule has 1 aromatic rings. The van der Waals surface area contributed by atoms with Crippen molar-refractivity contribution in [2.24, 2.45) is 5.92 Å². The standard InChI is InChI=1S/C12H17N3O4/c1-8-13-10(19-14-8)4-5-11(16)15(7-12(17)18)6-9-2-3-9/h9H,2-7H2,1H3,(H,17,18). The summed E-state index contributed by atoms with van der Waals surface area (Å²) in [6.07, 6.45) is 2.70. The molecule has 1 heterocycles. The average Bonchev–Trinajstić information content (AvgIpc) is 3.06. The molecule has 104 valence electrons. The van der Waals surface area contributed by atoms with Crippen LogP contribution in [0.3, 0.4) is 0 Å². The molecule has 1 amide bonds. The van der Waals surface area contributed by atoms with Crippen LogP contribution in [0.15, 0.2) is 4.52 Å². The molecule has 0 unspecified atom stereocenters. The number of nitrogens with zero attached hydrogens (tertiary/aromatic N) is 3. The molecule has 7 nitrogen and oxygen atoms in total. The Hall–Kier alpha value is -1.92. The summed E-state index contributed by atoms with van der Waals surface area (Å²) < 4.78 is 4.92. The van der Waals surface area contributed by atoms with E-state index in [1.807, 2.05) is 0 Å². The van der Waals surface area contributed by atoms with Crippen LogP contribution in [0.2, 0.25) is 0 Å². The van der Waals surface area contributed by atoms with Gasteiger partial charge in [-0.05, 0) is 25.7 Å². The lowest BCUT2D eigenvalue weighted by Gasteiger charge is -2.20. The van der Waals surface area contributed by atoms with E-state index in [2.05, 4.69) is 10.1 Å². The van der Waals surface area contributed by atoms with Crippen molar-refractivity contribution in [3.63, 3.8) is 0 Å². The molecule has 1 aliphatic rings. The molecule has 1 fully saturated rings. The van der Waals surface area contributed by atoms with E-state index in [9.17, 15) is 9.59 Å². The average molecular weight is 267 g/mol. The summed E-state index contributed by atoms with van der Waals surface area (Å²) in [6, 6.07) is 0. The van der Waals surface area contributed by atoms with Gasteiger partial charge in [0.05, 0.1) is 0 Å². The first-order chi connectivity index (χ1) is 9.04. The second-order valence-electron chi connectivity index (χ2n) is 4.85. The highest BCUT2D eigenvalue weighted by atomic mass is 16.5. The van der Waals surface area contributed by atoms with Crippen LogP contribution in [-0.2, 0) is 16.0 Å². The van der Waals surface area contributed by atoms with Gasteiger partial charge >= 0.3 is 5.97 Å². The van der Waals surface area contributed by atoms with E-state index < -0.39 is 5.97 Å². The van der Waals surface area contributed by atoms with Gasteiger partial charge < -0.3 is 14.5 Å². The van der Waals surface area contributed by atoms with E-state index in [4.69, 9.17) is 9.63 Å². The molecule has 0 atom stereocenters. The van der Waals surface area contributed by atoms with Gasteiger partial charge in [-0.15, -0.1) is 0 Å². The summed E-state index contributed by atoms with van der Waals surface area (Å²) in [5.41, 5.74) is 0. The van der Waals surface area contributed by atoms with Gasteiger partial charge in [-0.1, -0.05) is 5.16 Å². The highest BCUT2D eigenvalue weighted by Gasteiger charge is 2.27. The van der Waals surface area contributed by atoms with Crippen molar-refractivity contribution >= 4 is 11.9 Å². The van der Waals surface area contributed by atoms with Crippen molar-refractivity contribution in [3.8, 4) is 0 Å². The number of carbonyl (C=O) groups excluding carboxylic acids is 1. The summed E-state index contributed by atoms with van der Waals surface area (Å²) in [4.78, 5) is 28.2. The zero-order valence-corrected chi connectivity index (χ0v) is 10.8. The number of aromatic nitrogens is 2. The lowest BCUT2D eigenvalue weighted by molar-refractivity contribution is -0.144. The molecule has 0 bridgehead atoms. The molecule has 2 rings (SSSR count).